The Morgan fingerprint density at radius 3 is 2.69 bits per heavy atom. The summed E-state index contributed by atoms with van der Waals surface area (Å²) in [5.41, 5.74) is 3.72. The number of alkyl halides is 2. The fourth-order valence-corrected chi connectivity index (χ4v) is 0.899. The number of aliphatic hydroxyl groups excluding tert-OH is 1. The van der Waals surface area contributed by atoms with E-state index in [0.29, 0.717) is 0 Å². The molecule has 0 aliphatic heterocycles. The van der Waals surface area contributed by atoms with Crippen molar-refractivity contribution in [2.75, 3.05) is 5.73 Å². The first kappa shape index (κ1) is 9.66. The number of hydrogen-bond acceptors (Lipinski definition) is 3. The molecule has 0 aromatic carbocycles. The topological polar surface area (TPSA) is 79.1 Å². The molecular weight excluding hydrogens is 182 g/mol. The molecule has 0 bridgehead atoms. The van der Waals surface area contributed by atoms with Gasteiger partial charge in [0.1, 0.15) is 5.82 Å². The minimum absolute atomic E-state index is 0.0862. The molecule has 0 unspecified atom stereocenters. The minimum Gasteiger partial charge on any atom is -0.392 e. The number of nitrogens with two attached hydrogens (primary N) is 1. The van der Waals surface area contributed by atoms with E-state index < -0.39 is 24.2 Å². The van der Waals surface area contributed by atoms with Gasteiger partial charge < -0.3 is 15.8 Å². The molecule has 0 aliphatic rings. The van der Waals surface area contributed by atoms with Gasteiger partial charge in [0.15, 0.2) is 0 Å². The molecule has 0 amide bonds. The van der Waals surface area contributed by atoms with Gasteiger partial charge in [-0.3, -0.25) is 4.79 Å². The average Bonchev–Trinajstić information content (AvgIpc) is 2.03. The number of H-pyrrole nitrogens is 1. The fourth-order valence-electron chi connectivity index (χ4n) is 0.899. The van der Waals surface area contributed by atoms with Gasteiger partial charge in [-0.25, -0.2) is 8.78 Å². The third-order valence-electron chi connectivity index (χ3n) is 1.59. The Bertz CT molecular complexity index is 362. The van der Waals surface area contributed by atoms with E-state index in [4.69, 9.17) is 10.8 Å². The molecule has 1 aromatic rings. The zero-order chi connectivity index (χ0) is 10.0. The molecule has 0 spiro atoms. The molecule has 4 nitrogen and oxygen atoms in total. The minimum atomic E-state index is -2.87. The summed E-state index contributed by atoms with van der Waals surface area (Å²) >= 11 is 0. The van der Waals surface area contributed by atoms with E-state index in [2.05, 4.69) is 0 Å². The van der Waals surface area contributed by atoms with E-state index in [-0.39, 0.29) is 11.4 Å². The number of nitrogen functional groups attached to an aromatic ring is 1. The van der Waals surface area contributed by atoms with Crippen molar-refractivity contribution < 1.29 is 13.9 Å². The Kier molecular flexibility index (Phi) is 2.62. The molecule has 0 saturated carbocycles. The van der Waals surface area contributed by atoms with E-state index in [0.717, 1.165) is 6.07 Å². The lowest BCUT2D eigenvalue weighted by Gasteiger charge is -2.04. The standard InChI is InChI=1S/C7H8F2N2O2/c8-5(9)4-1-3(2-12)6(10)11-7(4)13/h1,5,12H,2H2,(H3,10,11,13). The zero-order valence-electron chi connectivity index (χ0n) is 6.55. The van der Waals surface area contributed by atoms with Crippen LogP contribution in [0.2, 0.25) is 0 Å². The number of pyridine rings is 1. The van der Waals surface area contributed by atoms with Gasteiger partial charge in [0.2, 0.25) is 0 Å². The number of aromatic amines is 1. The molecular formula is C7H8F2N2O2. The number of halogens is 2. The van der Waals surface area contributed by atoms with Crippen LogP contribution in [0.5, 0.6) is 0 Å². The van der Waals surface area contributed by atoms with Crippen LogP contribution in [0.1, 0.15) is 17.6 Å². The van der Waals surface area contributed by atoms with Crippen LogP contribution < -0.4 is 11.3 Å². The average molecular weight is 190 g/mol. The van der Waals surface area contributed by atoms with Gasteiger partial charge in [-0.1, -0.05) is 0 Å². The molecule has 1 heterocycles. The first-order valence-electron chi connectivity index (χ1n) is 3.47. The van der Waals surface area contributed by atoms with E-state index in [9.17, 15) is 13.6 Å². The predicted octanol–water partition coefficient (Wildman–Crippen LogP) is 0.387. The van der Waals surface area contributed by atoms with Crippen LogP contribution in [-0.2, 0) is 6.61 Å². The summed E-state index contributed by atoms with van der Waals surface area (Å²) in [6, 6.07) is 0.902. The Labute approximate surface area is 72.0 Å². The van der Waals surface area contributed by atoms with Gasteiger partial charge in [-0.05, 0) is 6.07 Å². The number of nitrogens with one attached hydrogen (secondary N) is 1. The summed E-state index contributed by atoms with van der Waals surface area (Å²) in [7, 11) is 0. The first-order chi connectivity index (χ1) is 6.06. The van der Waals surface area contributed by atoms with Crippen LogP contribution in [0.15, 0.2) is 10.9 Å². The summed E-state index contributed by atoms with van der Waals surface area (Å²) < 4.78 is 24.3. The van der Waals surface area contributed by atoms with E-state index in [1.54, 1.807) is 0 Å². The maximum Gasteiger partial charge on any atom is 0.269 e. The van der Waals surface area contributed by atoms with E-state index in [1.807, 2.05) is 4.98 Å². The zero-order valence-corrected chi connectivity index (χ0v) is 6.55. The van der Waals surface area contributed by atoms with Crippen LogP contribution in [0.4, 0.5) is 14.6 Å². The smallest absolute Gasteiger partial charge is 0.269 e. The third kappa shape index (κ3) is 1.83. The van der Waals surface area contributed by atoms with Crippen LogP contribution in [0, 0.1) is 0 Å². The lowest BCUT2D eigenvalue weighted by atomic mass is 10.2. The van der Waals surface area contributed by atoms with Crippen molar-refractivity contribution in [1.82, 2.24) is 4.98 Å². The van der Waals surface area contributed by atoms with Crippen molar-refractivity contribution in [2.45, 2.75) is 13.0 Å². The Morgan fingerprint density at radius 2 is 2.23 bits per heavy atom. The van der Waals surface area contributed by atoms with Crippen molar-refractivity contribution in [2.24, 2.45) is 0 Å². The fraction of sp³-hybridized carbons (Fsp3) is 0.286. The number of hydrogen-bond donors (Lipinski definition) is 3. The molecule has 0 aliphatic carbocycles. The van der Waals surface area contributed by atoms with Crippen molar-refractivity contribution in [3.63, 3.8) is 0 Å². The van der Waals surface area contributed by atoms with Gasteiger partial charge in [-0.2, -0.15) is 0 Å². The van der Waals surface area contributed by atoms with Gasteiger partial charge >= 0.3 is 0 Å². The molecule has 6 heteroatoms. The number of anilines is 1. The van der Waals surface area contributed by atoms with Crippen molar-refractivity contribution in [1.29, 1.82) is 0 Å². The van der Waals surface area contributed by atoms with Crippen LogP contribution in [-0.4, -0.2) is 10.1 Å². The molecule has 0 saturated heterocycles. The van der Waals surface area contributed by atoms with Gasteiger partial charge in [0.25, 0.3) is 12.0 Å². The van der Waals surface area contributed by atoms with E-state index >= 15 is 0 Å². The molecule has 0 radical (unpaired) electrons. The lowest BCUT2D eigenvalue weighted by molar-refractivity contribution is 0.149. The number of aromatic nitrogens is 1. The second kappa shape index (κ2) is 3.53. The van der Waals surface area contributed by atoms with Crippen molar-refractivity contribution in [3.05, 3.63) is 27.5 Å². The molecule has 0 atom stereocenters. The Balaban J connectivity index is 3.31. The highest BCUT2D eigenvalue weighted by molar-refractivity contribution is 5.40. The summed E-state index contributed by atoms with van der Waals surface area (Å²) in [6.07, 6.45) is -2.87. The van der Waals surface area contributed by atoms with Gasteiger partial charge in [0, 0.05) is 5.56 Å². The Morgan fingerprint density at radius 1 is 1.62 bits per heavy atom. The molecule has 72 valence electrons. The summed E-state index contributed by atoms with van der Waals surface area (Å²) in [4.78, 5) is 12.9. The highest BCUT2D eigenvalue weighted by atomic mass is 19.3. The molecule has 0 fully saturated rings. The molecule has 4 N–H and O–H groups in total. The van der Waals surface area contributed by atoms with Crippen LogP contribution in [0.25, 0.3) is 0 Å². The van der Waals surface area contributed by atoms with Crippen LogP contribution >= 0.6 is 0 Å². The monoisotopic (exact) mass is 190 g/mol. The summed E-state index contributed by atoms with van der Waals surface area (Å²) in [5, 5.41) is 8.67. The molecule has 1 rings (SSSR count). The van der Waals surface area contributed by atoms with Crippen LogP contribution in [0.3, 0.4) is 0 Å². The highest BCUT2D eigenvalue weighted by Gasteiger charge is 2.14. The van der Waals surface area contributed by atoms with E-state index in [1.165, 1.54) is 0 Å². The normalized spacial score (nSPS) is 10.8. The SMILES string of the molecule is Nc1[nH]c(=O)c(C(F)F)cc1CO. The summed E-state index contributed by atoms with van der Waals surface area (Å²) in [5.74, 6) is -0.0862. The maximum absolute atomic E-state index is 12.1. The van der Waals surface area contributed by atoms with Gasteiger partial charge in [0.05, 0.1) is 12.2 Å². The number of rotatable bonds is 2. The number of aliphatic hydroxyl groups is 1. The summed E-state index contributed by atoms with van der Waals surface area (Å²) in [6.45, 7) is -0.484. The van der Waals surface area contributed by atoms with Crippen molar-refractivity contribution >= 4 is 5.82 Å². The second-order valence-electron chi connectivity index (χ2n) is 2.45. The van der Waals surface area contributed by atoms with Crippen molar-refractivity contribution in [3.8, 4) is 0 Å². The largest absolute Gasteiger partial charge is 0.392 e. The molecule has 13 heavy (non-hydrogen) atoms. The highest BCUT2D eigenvalue weighted by Crippen LogP contribution is 2.17. The lowest BCUT2D eigenvalue weighted by Crippen LogP contribution is -2.16. The van der Waals surface area contributed by atoms with Gasteiger partial charge in [-0.15, -0.1) is 0 Å². The third-order valence-corrected chi connectivity index (χ3v) is 1.59. The second-order valence-corrected chi connectivity index (χ2v) is 2.45. The maximum atomic E-state index is 12.1. The predicted molar refractivity (Wildman–Crippen MR) is 42.4 cm³/mol. The quantitative estimate of drug-likeness (QED) is 0.631. The molecule has 1 aromatic heterocycles. The first-order valence-corrected chi connectivity index (χ1v) is 3.47. The Hall–Kier alpha value is -1.43.